The maximum atomic E-state index is 6.42. The number of rotatable bonds is 3. The molecule has 0 radical (unpaired) electrons. The molecule has 2 aliphatic rings. The molecule has 2 rings (SSSR count). The van der Waals surface area contributed by atoms with Crippen LogP contribution in [0.4, 0.5) is 0 Å². The van der Waals surface area contributed by atoms with Crippen LogP contribution in [0, 0.1) is 22.7 Å². The van der Waals surface area contributed by atoms with Crippen molar-refractivity contribution in [3.8, 4) is 0 Å². The van der Waals surface area contributed by atoms with Crippen molar-refractivity contribution in [2.75, 3.05) is 13.2 Å². The molecule has 1 aliphatic heterocycles. The smallest absolute Gasteiger partial charge is 0.0468 e. The average Bonchev–Trinajstić information content (AvgIpc) is 2.58. The highest BCUT2D eigenvalue weighted by molar-refractivity contribution is 5.15. The fourth-order valence-corrected chi connectivity index (χ4v) is 3.82. The molecule has 2 nitrogen and oxygen atoms in total. The molecule has 1 saturated heterocycles. The number of nitrogens with two attached hydrogens (primary N) is 1. The van der Waals surface area contributed by atoms with Crippen LogP contribution in [-0.4, -0.2) is 19.3 Å². The van der Waals surface area contributed by atoms with Gasteiger partial charge in [0.25, 0.3) is 0 Å². The Bertz CT molecular complexity index is 239. The van der Waals surface area contributed by atoms with Gasteiger partial charge < -0.3 is 10.5 Å². The Morgan fingerprint density at radius 2 is 1.62 bits per heavy atom. The van der Waals surface area contributed by atoms with Crippen molar-refractivity contribution in [1.29, 1.82) is 0 Å². The SMILES string of the molecule is CC1(C)C(C(N)CC2CCOCC2)C1(C)C. The van der Waals surface area contributed by atoms with Gasteiger partial charge in [0.2, 0.25) is 0 Å². The first-order valence-electron chi connectivity index (χ1n) is 6.70. The number of hydrogen-bond acceptors (Lipinski definition) is 2. The second-order valence-electron chi connectivity index (χ2n) is 6.88. The molecule has 0 aromatic carbocycles. The number of ether oxygens (including phenoxy) is 1. The van der Waals surface area contributed by atoms with E-state index in [0.29, 0.717) is 22.8 Å². The zero-order chi connectivity index (χ0) is 12.0. The molecule has 2 fully saturated rings. The van der Waals surface area contributed by atoms with Gasteiger partial charge in [-0.15, -0.1) is 0 Å². The molecule has 2 heteroatoms. The highest BCUT2D eigenvalue weighted by Gasteiger charge is 2.66. The van der Waals surface area contributed by atoms with Crippen molar-refractivity contribution in [2.24, 2.45) is 28.4 Å². The molecule has 0 bridgehead atoms. The van der Waals surface area contributed by atoms with Crippen LogP contribution in [0.1, 0.15) is 47.0 Å². The summed E-state index contributed by atoms with van der Waals surface area (Å²) in [6.45, 7) is 11.3. The van der Waals surface area contributed by atoms with Gasteiger partial charge in [-0.05, 0) is 41.9 Å². The fraction of sp³-hybridized carbons (Fsp3) is 1.00. The van der Waals surface area contributed by atoms with Gasteiger partial charge in [-0.1, -0.05) is 27.7 Å². The first-order valence-corrected chi connectivity index (χ1v) is 6.70. The summed E-state index contributed by atoms with van der Waals surface area (Å²) in [5.74, 6) is 1.50. The summed E-state index contributed by atoms with van der Waals surface area (Å²) in [5, 5.41) is 0. The Morgan fingerprint density at radius 3 is 2.06 bits per heavy atom. The largest absolute Gasteiger partial charge is 0.381 e. The average molecular weight is 225 g/mol. The quantitative estimate of drug-likeness (QED) is 0.801. The molecular formula is C14H27NO. The van der Waals surface area contributed by atoms with Gasteiger partial charge in [-0.3, -0.25) is 0 Å². The highest BCUT2D eigenvalue weighted by atomic mass is 16.5. The standard InChI is InChI=1S/C14H27NO/c1-13(2)12(14(13,3)4)11(15)9-10-5-7-16-8-6-10/h10-12H,5-9,15H2,1-4H3. The topological polar surface area (TPSA) is 35.2 Å². The normalized spacial score (nSPS) is 31.3. The lowest BCUT2D eigenvalue weighted by molar-refractivity contribution is 0.0605. The van der Waals surface area contributed by atoms with Gasteiger partial charge >= 0.3 is 0 Å². The second kappa shape index (κ2) is 3.99. The number of hydrogen-bond donors (Lipinski definition) is 1. The summed E-state index contributed by atoms with van der Waals surface area (Å²) in [4.78, 5) is 0. The van der Waals surface area contributed by atoms with E-state index < -0.39 is 0 Å². The molecule has 0 aromatic heterocycles. The van der Waals surface area contributed by atoms with Crippen molar-refractivity contribution in [1.82, 2.24) is 0 Å². The highest BCUT2D eigenvalue weighted by Crippen LogP contribution is 2.69. The van der Waals surface area contributed by atoms with Crippen LogP contribution < -0.4 is 5.73 Å². The van der Waals surface area contributed by atoms with E-state index in [9.17, 15) is 0 Å². The predicted octanol–water partition coefficient (Wildman–Crippen LogP) is 2.81. The molecule has 1 heterocycles. The Kier molecular flexibility index (Phi) is 3.09. The fourth-order valence-electron chi connectivity index (χ4n) is 3.82. The van der Waals surface area contributed by atoms with E-state index in [4.69, 9.17) is 10.5 Å². The van der Waals surface area contributed by atoms with Crippen molar-refractivity contribution in [3.05, 3.63) is 0 Å². The molecule has 2 N–H and O–H groups in total. The maximum absolute atomic E-state index is 6.42. The van der Waals surface area contributed by atoms with Crippen molar-refractivity contribution < 1.29 is 4.74 Å². The minimum atomic E-state index is 0.382. The molecule has 1 atom stereocenters. The molecule has 0 amide bonds. The third-order valence-electron chi connectivity index (χ3n) is 5.51. The summed E-state index contributed by atoms with van der Waals surface area (Å²) in [6.07, 6.45) is 3.61. The lowest BCUT2D eigenvalue weighted by atomic mass is 9.89. The first kappa shape index (κ1) is 12.4. The van der Waals surface area contributed by atoms with Crippen LogP contribution in [0.15, 0.2) is 0 Å². The molecule has 1 unspecified atom stereocenters. The Morgan fingerprint density at radius 1 is 1.12 bits per heavy atom. The van der Waals surface area contributed by atoms with Gasteiger partial charge in [-0.2, -0.15) is 0 Å². The minimum absolute atomic E-state index is 0.382. The summed E-state index contributed by atoms with van der Waals surface area (Å²) in [5.41, 5.74) is 7.28. The first-order chi connectivity index (χ1) is 7.37. The molecule has 94 valence electrons. The second-order valence-corrected chi connectivity index (χ2v) is 6.88. The van der Waals surface area contributed by atoms with Gasteiger partial charge in [0, 0.05) is 19.3 Å². The van der Waals surface area contributed by atoms with E-state index in [1.54, 1.807) is 0 Å². The van der Waals surface area contributed by atoms with Crippen molar-refractivity contribution in [2.45, 2.75) is 53.0 Å². The van der Waals surface area contributed by atoms with Crippen LogP contribution in [0.3, 0.4) is 0 Å². The summed E-state index contributed by atoms with van der Waals surface area (Å²) in [6, 6.07) is 0.382. The van der Waals surface area contributed by atoms with Crippen LogP contribution in [0.25, 0.3) is 0 Å². The zero-order valence-electron chi connectivity index (χ0n) is 11.3. The van der Waals surface area contributed by atoms with Crippen molar-refractivity contribution >= 4 is 0 Å². The van der Waals surface area contributed by atoms with E-state index in [2.05, 4.69) is 27.7 Å². The Labute approximate surface area is 99.9 Å². The Balaban J connectivity index is 1.87. The van der Waals surface area contributed by atoms with E-state index in [-0.39, 0.29) is 0 Å². The minimum Gasteiger partial charge on any atom is -0.381 e. The monoisotopic (exact) mass is 225 g/mol. The van der Waals surface area contributed by atoms with E-state index in [1.807, 2.05) is 0 Å². The third-order valence-corrected chi connectivity index (χ3v) is 5.51. The third kappa shape index (κ3) is 1.91. The summed E-state index contributed by atoms with van der Waals surface area (Å²) >= 11 is 0. The van der Waals surface area contributed by atoms with Gasteiger partial charge in [0.05, 0.1) is 0 Å². The molecule has 0 spiro atoms. The molecular weight excluding hydrogens is 198 g/mol. The zero-order valence-corrected chi connectivity index (χ0v) is 11.3. The molecule has 1 aliphatic carbocycles. The van der Waals surface area contributed by atoms with Crippen LogP contribution in [0.2, 0.25) is 0 Å². The summed E-state index contributed by atoms with van der Waals surface area (Å²) in [7, 11) is 0. The van der Waals surface area contributed by atoms with Crippen LogP contribution >= 0.6 is 0 Å². The lowest BCUT2D eigenvalue weighted by Crippen LogP contribution is -2.30. The summed E-state index contributed by atoms with van der Waals surface area (Å²) < 4.78 is 5.40. The van der Waals surface area contributed by atoms with E-state index in [0.717, 1.165) is 19.1 Å². The molecule has 16 heavy (non-hydrogen) atoms. The molecule has 0 aromatic rings. The predicted molar refractivity (Wildman–Crippen MR) is 67.2 cm³/mol. The van der Waals surface area contributed by atoms with E-state index >= 15 is 0 Å². The molecule has 1 saturated carbocycles. The van der Waals surface area contributed by atoms with Gasteiger partial charge in [0.15, 0.2) is 0 Å². The van der Waals surface area contributed by atoms with Gasteiger partial charge in [0.1, 0.15) is 0 Å². The lowest BCUT2D eigenvalue weighted by Gasteiger charge is -2.25. The van der Waals surface area contributed by atoms with Crippen LogP contribution in [-0.2, 0) is 4.74 Å². The Hall–Kier alpha value is -0.0800. The van der Waals surface area contributed by atoms with E-state index in [1.165, 1.54) is 19.3 Å². The van der Waals surface area contributed by atoms with Crippen molar-refractivity contribution in [3.63, 3.8) is 0 Å². The van der Waals surface area contributed by atoms with Gasteiger partial charge in [-0.25, -0.2) is 0 Å². The van der Waals surface area contributed by atoms with Crippen LogP contribution in [0.5, 0.6) is 0 Å². The maximum Gasteiger partial charge on any atom is 0.0468 e.